The number of rotatable bonds is 10. The molecule has 3 rings (SSSR count). The lowest BCUT2D eigenvalue weighted by atomic mass is 9.90. The van der Waals surface area contributed by atoms with Crippen molar-refractivity contribution in [3.8, 4) is 23.0 Å². The normalized spacial score (nSPS) is 12.0. The topological polar surface area (TPSA) is 122 Å². The van der Waals surface area contributed by atoms with Gasteiger partial charge in [0.1, 0.15) is 5.75 Å². The molecule has 1 aromatic carbocycles. The number of hydrogen-bond donors (Lipinski definition) is 0. The van der Waals surface area contributed by atoms with Gasteiger partial charge >= 0.3 is 5.69 Å². The highest BCUT2D eigenvalue weighted by Crippen LogP contribution is 2.23. The molecule has 0 saturated carbocycles. The van der Waals surface area contributed by atoms with Crippen molar-refractivity contribution in [3.05, 3.63) is 58.6 Å². The number of nitrogens with zero attached hydrogens (tertiary/aromatic N) is 4. The van der Waals surface area contributed by atoms with Crippen molar-refractivity contribution in [3.63, 3.8) is 0 Å². The maximum atomic E-state index is 13.3. The molecule has 35 heavy (non-hydrogen) atoms. The second kappa shape index (κ2) is 10.5. The molecular formula is C24H30N4O6S. The van der Waals surface area contributed by atoms with E-state index in [1.807, 2.05) is 20.8 Å². The van der Waals surface area contributed by atoms with Crippen LogP contribution in [-0.4, -0.2) is 53.5 Å². The summed E-state index contributed by atoms with van der Waals surface area (Å²) in [6.45, 7) is 5.76. The van der Waals surface area contributed by atoms with Gasteiger partial charge < -0.3 is 4.74 Å². The Hall–Kier alpha value is -3.31. The number of pyridine rings is 1. The van der Waals surface area contributed by atoms with Gasteiger partial charge in [-0.05, 0) is 35.6 Å². The Morgan fingerprint density at radius 3 is 2.49 bits per heavy atom. The molecule has 0 aliphatic heterocycles. The van der Waals surface area contributed by atoms with Gasteiger partial charge in [-0.3, -0.25) is 13.5 Å². The Balaban J connectivity index is 1.97. The Morgan fingerprint density at radius 2 is 1.89 bits per heavy atom. The summed E-state index contributed by atoms with van der Waals surface area (Å²) >= 11 is 0. The number of ketones is 1. The lowest BCUT2D eigenvalue weighted by molar-refractivity contribution is -0.121. The molecule has 0 saturated heterocycles. The van der Waals surface area contributed by atoms with E-state index in [-0.39, 0.29) is 30.2 Å². The highest BCUT2D eigenvalue weighted by atomic mass is 32.2. The van der Waals surface area contributed by atoms with Crippen molar-refractivity contribution in [1.29, 1.82) is 0 Å². The summed E-state index contributed by atoms with van der Waals surface area (Å²) in [5.74, 6) is 1.10. The zero-order valence-electron chi connectivity index (χ0n) is 20.5. The van der Waals surface area contributed by atoms with Crippen molar-refractivity contribution >= 4 is 15.9 Å². The summed E-state index contributed by atoms with van der Waals surface area (Å²) in [6.07, 6.45) is 3.16. The number of benzene rings is 1. The van der Waals surface area contributed by atoms with Gasteiger partial charge in [0.15, 0.2) is 17.4 Å². The minimum Gasteiger partial charge on any atom is -0.497 e. The molecule has 0 amide bonds. The van der Waals surface area contributed by atoms with E-state index < -0.39 is 15.8 Å². The zero-order valence-corrected chi connectivity index (χ0v) is 21.3. The number of Topliss-reactive ketones (excluding diaryl/α,β-unsaturated/α-hetero) is 1. The number of ether oxygens (including phenoxy) is 1. The second-order valence-corrected chi connectivity index (χ2v) is 11.1. The highest BCUT2D eigenvalue weighted by molar-refractivity contribution is 7.85. The Labute approximate surface area is 204 Å². The second-order valence-electron chi connectivity index (χ2n) is 9.41. The van der Waals surface area contributed by atoms with Crippen LogP contribution in [0, 0.1) is 5.41 Å². The summed E-state index contributed by atoms with van der Waals surface area (Å²) in [4.78, 5) is 30.4. The fraction of sp³-hybridized carbons (Fsp3) is 0.417. The zero-order chi connectivity index (χ0) is 25.8. The van der Waals surface area contributed by atoms with Crippen LogP contribution in [-0.2, 0) is 32.1 Å². The molecule has 188 valence electrons. The summed E-state index contributed by atoms with van der Waals surface area (Å²) in [6, 6.07) is 10.4. The van der Waals surface area contributed by atoms with Gasteiger partial charge in [0, 0.05) is 18.2 Å². The van der Waals surface area contributed by atoms with E-state index >= 15 is 0 Å². The summed E-state index contributed by atoms with van der Waals surface area (Å²) in [5, 5.41) is 4.49. The van der Waals surface area contributed by atoms with Crippen LogP contribution in [0.15, 0.2) is 47.4 Å². The number of carbonyl (C=O) groups is 1. The minimum atomic E-state index is -3.52. The predicted molar refractivity (Wildman–Crippen MR) is 131 cm³/mol. The van der Waals surface area contributed by atoms with E-state index in [0.29, 0.717) is 30.0 Å². The smallest absolute Gasteiger partial charge is 0.352 e. The molecule has 0 radical (unpaired) electrons. The molecular weight excluding hydrogens is 472 g/mol. The van der Waals surface area contributed by atoms with Crippen molar-refractivity contribution in [2.45, 2.75) is 40.2 Å². The SMILES string of the molecule is COc1cccc(-c2nn(-c3ccc(CCOS(C)(=O)=O)cn3)c(=O)n2CC(=O)CC(C)(C)C)c1. The average molecular weight is 503 g/mol. The van der Waals surface area contributed by atoms with E-state index in [1.54, 1.807) is 43.5 Å². The fourth-order valence-electron chi connectivity index (χ4n) is 3.49. The van der Waals surface area contributed by atoms with Crippen molar-refractivity contribution < 1.29 is 22.1 Å². The molecule has 0 atom stereocenters. The molecule has 0 spiro atoms. The van der Waals surface area contributed by atoms with Crippen LogP contribution in [0.3, 0.4) is 0 Å². The summed E-state index contributed by atoms with van der Waals surface area (Å²) < 4.78 is 34.8. The van der Waals surface area contributed by atoms with E-state index in [2.05, 4.69) is 10.1 Å². The molecule has 0 fully saturated rings. The average Bonchev–Trinajstić information content (AvgIpc) is 3.08. The van der Waals surface area contributed by atoms with Crippen LogP contribution in [0.2, 0.25) is 0 Å². The lowest BCUT2D eigenvalue weighted by Crippen LogP contribution is -2.28. The van der Waals surface area contributed by atoms with Crippen molar-refractivity contribution in [2.24, 2.45) is 5.41 Å². The third-order valence-corrected chi connectivity index (χ3v) is 5.56. The molecule has 0 aliphatic carbocycles. The van der Waals surface area contributed by atoms with Gasteiger partial charge in [-0.2, -0.15) is 13.1 Å². The predicted octanol–water partition coefficient (Wildman–Crippen LogP) is 2.63. The van der Waals surface area contributed by atoms with Crippen molar-refractivity contribution in [1.82, 2.24) is 19.3 Å². The first kappa shape index (κ1) is 26.3. The van der Waals surface area contributed by atoms with Crippen LogP contribution in [0.25, 0.3) is 17.2 Å². The molecule has 0 unspecified atom stereocenters. The maximum Gasteiger partial charge on any atom is 0.352 e. The monoisotopic (exact) mass is 502 g/mol. The Morgan fingerprint density at radius 1 is 1.14 bits per heavy atom. The number of hydrogen-bond acceptors (Lipinski definition) is 8. The van der Waals surface area contributed by atoms with Crippen LogP contribution >= 0.6 is 0 Å². The lowest BCUT2D eigenvalue weighted by Gasteiger charge is -2.17. The van der Waals surface area contributed by atoms with Crippen LogP contribution in [0.5, 0.6) is 5.75 Å². The molecule has 2 aromatic heterocycles. The van der Waals surface area contributed by atoms with E-state index in [0.717, 1.165) is 16.5 Å². The highest BCUT2D eigenvalue weighted by Gasteiger charge is 2.22. The minimum absolute atomic E-state index is 0.00961. The van der Waals surface area contributed by atoms with E-state index in [4.69, 9.17) is 8.92 Å². The van der Waals surface area contributed by atoms with Gasteiger partial charge in [0.25, 0.3) is 10.1 Å². The first-order valence-corrected chi connectivity index (χ1v) is 12.8. The fourth-order valence-corrected chi connectivity index (χ4v) is 3.87. The standard InChI is InChI=1S/C24H30N4O6S/c1-24(2,3)14-19(29)16-27-22(18-7-6-8-20(13-18)33-4)26-28(23(27)30)21-10-9-17(15-25-21)11-12-34-35(5,31)32/h6-10,13,15H,11-12,14,16H2,1-5H3. The van der Waals surface area contributed by atoms with Crippen LogP contribution < -0.4 is 10.4 Å². The van der Waals surface area contributed by atoms with Crippen LogP contribution in [0.4, 0.5) is 0 Å². The number of carbonyl (C=O) groups excluding carboxylic acids is 1. The number of methoxy groups -OCH3 is 1. The molecule has 2 heterocycles. The Bertz CT molecular complexity index is 1350. The first-order valence-electron chi connectivity index (χ1n) is 11.0. The third kappa shape index (κ3) is 7.33. The van der Waals surface area contributed by atoms with Gasteiger partial charge in [0.05, 0.1) is 26.5 Å². The van der Waals surface area contributed by atoms with Gasteiger partial charge in [-0.1, -0.05) is 39.0 Å². The molecule has 11 heteroatoms. The van der Waals surface area contributed by atoms with Gasteiger partial charge in [0.2, 0.25) is 0 Å². The maximum absolute atomic E-state index is 13.3. The summed E-state index contributed by atoms with van der Waals surface area (Å²) in [5.41, 5.74) is 0.646. The van der Waals surface area contributed by atoms with Crippen molar-refractivity contribution in [2.75, 3.05) is 20.0 Å². The van der Waals surface area contributed by atoms with E-state index in [1.165, 1.54) is 10.8 Å². The largest absolute Gasteiger partial charge is 0.497 e. The van der Waals surface area contributed by atoms with E-state index in [9.17, 15) is 18.0 Å². The Kier molecular flexibility index (Phi) is 7.91. The molecule has 10 nitrogen and oxygen atoms in total. The first-order chi connectivity index (χ1) is 16.4. The quantitative estimate of drug-likeness (QED) is 0.388. The summed E-state index contributed by atoms with van der Waals surface area (Å²) in [7, 11) is -1.98. The molecule has 0 bridgehead atoms. The van der Waals surface area contributed by atoms with Gasteiger partial charge in [-0.25, -0.2) is 9.78 Å². The van der Waals surface area contributed by atoms with Gasteiger partial charge in [-0.15, -0.1) is 5.10 Å². The number of aromatic nitrogens is 4. The molecule has 0 aliphatic rings. The van der Waals surface area contributed by atoms with Crippen LogP contribution in [0.1, 0.15) is 32.8 Å². The molecule has 3 aromatic rings. The molecule has 0 N–H and O–H groups in total. The third-order valence-electron chi connectivity index (χ3n) is 4.97.